The zero-order valence-electron chi connectivity index (χ0n) is 12.3. The molecule has 11 heteroatoms. The van der Waals surface area contributed by atoms with E-state index in [1.807, 2.05) is 0 Å². The fourth-order valence-electron chi connectivity index (χ4n) is 2.83. The minimum Gasteiger partial charge on any atom is -0.387 e. The van der Waals surface area contributed by atoms with Crippen LogP contribution in [0.5, 0.6) is 0 Å². The maximum absolute atomic E-state index is 10.4. The van der Waals surface area contributed by atoms with Gasteiger partial charge in [0.25, 0.3) is 0 Å². The first kappa shape index (κ1) is 15.3. The van der Waals surface area contributed by atoms with Gasteiger partial charge in [-0.15, -0.1) is 0 Å². The number of fused-ring (bicyclic) bond motifs is 1. The number of anilines is 1. The van der Waals surface area contributed by atoms with Crippen LogP contribution in [0.3, 0.4) is 0 Å². The van der Waals surface area contributed by atoms with Gasteiger partial charge in [0, 0.05) is 12.4 Å². The molecule has 0 aliphatic carbocycles. The molecule has 10 nitrogen and oxygen atoms in total. The third kappa shape index (κ3) is 2.24. The first-order valence-electron chi connectivity index (χ1n) is 7.20. The summed E-state index contributed by atoms with van der Waals surface area (Å²) in [5.41, 5.74) is 6.58. The molecule has 1 saturated heterocycles. The van der Waals surface area contributed by atoms with E-state index in [1.54, 1.807) is 12.4 Å². The smallest absolute Gasteiger partial charge is 0.167 e. The highest BCUT2D eigenvalue weighted by Crippen LogP contribution is 2.38. The Bertz CT molecular complexity index is 855. The van der Waals surface area contributed by atoms with E-state index in [0.29, 0.717) is 17.0 Å². The topological polar surface area (TPSA) is 148 Å². The standard InChI is InChI=1S/C13H15N7O3S/c14-10-5-12(18-3-17-10)20(4-19-5)13-7(22)6(21)8(23-13)9(24)11-15-1-2-16-11/h1-4,6-9,13,21-22,24H,(H,15,16)(H2,14,17,18)/t6-,7-,8-,9?,13+/m1/s1. The van der Waals surface area contributed by atoms with Crippen molar-refractivity contribution in [3.05, 3.63) is 30.9 Å². The van der Waals surface area contributed by atoms with Gasteiger partial charge in [-0.05, 0) is 0 Å². The number of aromatic nitrogens is 6. The number of nitrogen functional groups attached to an aromatic ring is 1. The lowest BCUT2D eigenvalue weighted by Crippen LogP contribution is -2.33. The highest BCUT2D eigenvalue weighted by molar-refractivity contribution is 7.80. The van der Waals surface area contributed by atoms with Gasteiger partial charge in [-0.3, -0.25) is 4.57 Å². The Morgan fingerprint density at radius 1 is 1.25 bits per heavy atom. The van der Waals surface area contributed by atoms with Crippen molar-refractivity contribution in [2.75, 3.05) is 5.73 Å². The SMILES string of the molecule is Nc1ncnc2c1ncn2[C@H]1O[C@@H](C(S)c2ncc[nH]2)[C@H](O)[C@H]1O. The summed E-state index contributed by atoms with van der Waals surface area (Å²) in [6.45, 7) is 0. The van der Waals surface area contributed by atoms with Crippen molar-refractivity contribution in [2.24, 2.45) is 0 Å². The summed E-state index contributed by atoms with van der Waals surface area (Å²) >= 11 is 4.45. The molecule has 1 aliphatic rings. The van der Waals surface area contributed by atoms with Crippen molar-refractivity contribution in [3.63, 3.8) is 0 Å². The molecule has 126 valence electrons. The van der Waals surface area contributed by atoms with Crippen LogP contribution in [0.4, 0.5) is 5.82 Å². The molecule has 0 saturated carbocycles. The Morgan fingerprint density at radius 2 is 2.08 bits per heavy atom. The third-order valence-corrected chi connectivity index (χ3v) is 4.59. The van der Waals surface area contributed by atoms with E-state index in [4.69, 9.17) is 10.5 Å². The predicted molar refractivity (Wildman–Crippen MR) is 86.0 cm³/mol. The maximum atomic E-state index is 10.4. The van der Waals surface area contributed by atoms with Crippen molar-refractivity contribution in [1.82, 2.24) is 29.5 Å². The number of ether oxygens (including phenoxy) is 1. The zero-order chi connectivity index (χ0) is 16.8. The van der Waals surface area contributed by atoms with Crippen LogP contribution >= 0.6 is 12.6 Å². The van der Waals surface area contributed by atoms with Crippen LogP contribution < -0.4 is 5.73 Å². The van der Waals surface area contributed by atoms with Gasteiger partial charge in [0.05, 0.1) is 11.6 Å². The molecule has 1 unspecified atom stereocenters. The summed E-state index contributed by atoms with van der Waals surface area (Å²) in [6.07, 6.45) is 1.99. The average Bonchev–Trinajstić information content (AvgIpc) is 3.29. The number of H-pyrrole nitrogens is 1. The third-order valence-electron chi connectivity index (χ3n) is 4.05. The number of nitrogens with two attached hydrogens (primary N) is 1. The van der Waals surface area contributed by atoms with E-state index in [2.05, 4.69) is 37.5 Å². The molecule has 5 N–H and O–H groups in total. The molecule has 1 aliphatic heterocycles. The highest BCUT2D eigenvalue weighted by atomic mass is 32.1. The first-order chi connectivity index (χ1) is 11.6. The van der Waals surface area contributed by atoms with Crippen LogP contribution in [0.2, 0.25) is 0 Å². The Kier molecular flexibility index (Phi) is 3.64. The predicted octanol–water partition coefficient (Wildman–Crippen LogP) is -0.578. The summed E-state index contributed by atoms with van der Waals surface area (Å²) in [5.74, 6) is 0.767. The number of hydrogen-bond acceptors (Lipinski definition) is 9. The molecule has 0 spiro atoms. The van der Waals surface area contributed by atoms with Gasteiger partial charge in [0.2, 0.25) is 0 Å². The maximum Gasteiger partial charge on any atom is 0.167 e. The van der Waals surface area contributed by atoms with Crippen molar-refractivity contribution in [2.45, 2.75) is 29.8 Å². The van der Waals surface area contributed by atoms with Crippen LogP contribution in [0.25, 0.3) is 11.2 Å². The number of aromatic amines is 1. The van der Waals surface area contributed by atoms with Gasteiger partial charge in [-0.1, -0.05) is 0 Å². The lowest BCUT2D eigenvalue weighted by molar-refractivity contribution is -0.0356. The Morgan fingerprint density at radius 3 is 2.83 bits per heavy atom. The van der Waals surface area contributed by atoms with Crippen LogP contribution in [0, 0.1) is 0 Å². The molecule has 3 aromatic rings. The molecule has 1 fully saturated rings. The van der Waals surface area contributed by atoms with Gasteiger partial charge in [0.15, 0.2) is 17.7 Å². The van der Waals surface area contributed by atoms with Crippen molar-refractivity contribution in [1.29, 1.82) is 0 Å². The number of nitrogens with one attached hydrogen (secondary N) is 1. The number of rotatable bonds is 3. The molecule has 24 heavy (non-hydrogen) atoms. The van der Waals surface area contributed by atoms with E-state index < -0.39 is 29.8 Å². The molecule has 0 bridgehead atoms. The fourth-order valence-corrected chi connectivity index (χ4v) is 3.22. The Labute approximate surface area is 141 Å². The van der Waals surface area contributed by atoms with Gasteiger partial charge in [-0.25, -0.2) is 19.9 Å². The second-order valence-corrected chi connectivity index (χ2v) is 6.03. The zero-order valence-corrected chi connectivity index (χ0v) is 13.2. The van der Waals surface area contributed by atoms with Gasteiger partial charge < -0.3 is 25.7 Å². The van der Waals surface area contributed by atoms with E-state index in [1.165, 1.54) is 17.2 Å². The summed E-state index contributed by atoms with van der Waals surface area (Å²) in [7, 11) is 0. The lowest BCUT2D eigenvalue weighted by atomic mass is 10.1. The van der Waals surface area contributed by atoms with Crippen LogP contribution in [-0.2, 0) is 4.74 Å². The molecular formula is C13H15N7O3S. The quantitative estimate of drug-likeness (QED) is 0.395. The Hall–Kier alpha value is -2.21. The molecule has 0 amide bonds. The molecule has 4 heterocycles. The summed E-state index contributed by atoms with van der Waals surface area (Å²) in [4.78, 5) is 19.2. The minimum atomic E-state index is -1.19. The fraction of sp³-hybridized carbons (Fsp3) is 0.385. The van der Waals surface area contributed by atoms with Gasteiger partial charge in [0.1, 0.15) is 36.0 Å². The number of thiol groups is 1. The second-order valence-electron chi connectivity index (χ2n) is 5.47. The number of nitrogens with zero attached hydrogens (tertiary/aromatic N) is 5. The largest absolute Gasteiger partial charge is 0.387 e. The van der Waals surface area contributed by atoms with Crippen LogP contribution in [0.15, 0.2) is 25.0 Å². The van der Waals surface area contributed by atoms with E-state index in [9.17, 15) is 10.2 Å². The molecule has 3 aromatic heterocycles. The first-order valence-corrected chi connectivity index (χ1v) is 7.71. The van der Waals surface area contributed by atoms with Crippen LogP contribution in [-0.4, -0.2) is 58.0 Å². The van der Waals surface area contributed by atoms with Crippen LogP contribution in [0.1, 0.15) is 17.3 Å². The molecule has 5 atom stereocenters. The summed E-state index contributed by atoms with van der Waals surface area (Å²) in [6, 6.07) is 0. The number of aliphatic hydroxyl groups is 2. The van der Waals surface area contributed by atoms with Gasteiger partial charge >= 0.3 is 0 Å². The van der Waals surface area contributed by atoms with E-state index >= 15 is 0 Å². The lowest BCUT2D eigenvalue weighted by Gasteiger charge is -2.19. The van der Waals surface area contributed by atoms with Gasteiger partial charge in [-0.2, -0.15) is 12.6 Å². The van der Waals surface area contributed by atoms with E-state index in [0.717, 1.165) is 0 Å². The average molecular weight is 349 g/mol. The number of imidazole rings is 2. The minimum absolute atomic E-state index is 0.228. The second kappa shape index (κ2) is 5.70. The van der Waals surface area contributed by atoms with Crippen molar-refractivity contribution in [3.8, 4) is 0 Å². The molecule has 0 radical (unpaired) electrons. The number of aliphatic hydroxyl groups excluding tert-OH is 2. The molecule has 0 aromatic carbocycles. The van der Waals surface area contributed by atoms with E-state index in [-0.39, 0.29) is 5.82 Å². The summed E-state index contributed by atoms with van der Waals surface area (Å²) in [5, 5.41) is 20.2. The highest BCUT2D eigenvalue weighted by Gasteiger charge is 2.47. The normalized spacial score (nSPS) is 28.5. The van der Waals surface area contributed by atoms with Crippen molar-refractivity contribution < 1.29 is 14.9 Å². The molecule has 4 rings (SSSR count). The monoisotopic (exact) mass is 349 g/mol. The number of hydrogen-bond donors (Lipinski definition) is 5. The Balaban J connectivity index is 1.68. The van der Waals surface area contributed by atoms with Crippen molar-refractivity contribution >= 4 is 29.6 Å². The summed E-state index contributed by atoms with van der Waals surface area (Å²) < 4.78 is 7.37. The molecular weight excluding hydrogens is 334 g/mol.